The molecular formula is C15H23F2NO2. The number of rotatable bonds is 5. The van der Waals surface area contributed by atoms with Crippen LogP contribution < -0.4 is 9.47 Å². The highest BCUT2D eigenvalue weighted by molar-refractivity contribution is 5.34. The summed E-state index contributed by atoms with van der Waals surface area (Å²) in [6.45, 7) is 6.28. The van der Waals surface area contributed by atoms with E-state index in [1.807, 2.05) is 26.8 Å². The van der Waals surface area contributed by atoms with Crippen molar-refractivity contribution >= 4 is 0 Å². The van der Waals surface area contributed by atoms with Crippen LogP contribution in [-0.4, -0.2) is 24.6 Å². The van der Waals surface area contributed by atoms with E-state index >= 15 is 0 Å². The van der Waals surface area contributed by atoms with E-state index in [0.29, 0.717) is 24.7 Å². The van der Waals surface area contributed by atoms with Gasteiger partial charge in [0.25, 0.3) is 5.88 Å². The maximum atomic E-state index is 12.6. The lowest BCUT2D eigenvalue weighted by Crippen LogP contribution is -2.36. The lowest BCUT2D eigenvalue weighted by atomic mass is 9.79. The quantitative estimate of drug-likeness (QED) is 0.811. The molecule has 114 valence electrons. The Kier molecular flexibility index (Phi) is 6.17. The topological polar surface area (TPSA) is 31.4 Å². The van der Waals surface area contributed by atoms with Crippen LogP contribution in [0.15, 0.2) is 12.1 Å². The molecule has 1 aliphatic carbocycles. The number of hydrogen-bond acceptors (Lipinski definition) is 3. The zero-order valence-corrected chi connectivity index (χ0v) is 12.6. The monoisotopic (exact) mass is 287 g/mol. The number of aromatic nitrogens is 1. The van der Waals surface area contributed by atoms with Gasteiger partial charge in [-0.2, -0.15) is 0 Å². The first-order valence-corrected chi connectivity index (χ1v) is 7.02. The van der Waals surface area contributed by atoms with Crippen molar-refractivity contribution in [2.24, 2.45) is 5.92 Å². The Balaban J connectivity index is 0.000000956. The average molecular weight is 287 g/mol. The molecule has 0 spiro atoms. The van der Waals surface area contributed by atoms with Crippen molar-refractivity contribution in [1.29, 1.82) is 0 Å². The van der Waals surface area contributed by atoms with Crippen molar-refractivity contribution in [2.75, 3.05) is 13.7 Å². The second-order valence-electron chi connectivity index (χ2n) is 4.73. The molecule has 0 bridgehead atoms. The number of nitrogens with zero attached hydrogens (tertiary/aromatic N) is 1. The van der Waals surface area contributed by atoms with E-state index < -0.39 is 5.92 Å². The van der Waals surface area contributed by atoms with Crippen LogP contribution in [0.25, 0.3) is 0 Å². The molecule has 2 rings (SSSR count). The van der Waals surface area contributed by atoms with Gasteiger partial charge in [-0.3, -0.25) is 0 Å². The fourth-order valence-electron chi connectivity index (χ4n) is 2.10. The number of aryl methyl sites for hydroxylation is 1. The third-order valence-electron chi connectivity index (χ3n) is 3.12. The summed E-state index contributed by atoms with van der Waals surface area (Å²) >= 11 is 0. The lowest BCUT2D eigenvalue weighted by Gasteiger charge is -2.34. The lowest BCUT2D eigenvalue weighted by molar-refractivity contribution is -0.113. The van der Waals surface area contributed by atoms with Crippen molar-refractivity contribution in [2.45, 2.75) is 46.0 Å². The summed E-state index contributed by atoms with van der Waals surface area (Å²) in [5, 5.41) is 0. The largest absolute Gasteiger partial charge is 0.488 e. The first kappa shape index (κ1) is 16.7. The van der Waals surface area contributed by atoms with Crippen molar-refractivity contribution in [1.82, 2.24) is 4.98 Å². The highest BCUT2D eigenvalue weighted by atomic mass is 19.3. The molecule has 3 nitrogen and oxygen atoms in total. The average Bonchev–Trinajstić information content (AvgIpc) is 2.40. The van der Waals surface area contributed by atoms with Crippen molar-refractivity contribution in [3.8, 4) is 11.6 Å². The normalized spacial score (nSPS) is 16.7. The molecule has 1 aliphatic rings. The van der Waals surface area contributed by atoms with E-state index in [-0.39, 0.29) is 18.8 Å². The number of methoxy groups -OCH3 is 1. The number of alkyl halides is 2. The molecule has 0 amide bonds. The number of halogens is 2. The SMILES string of the molecule is CC.COc1nc(C)ccc1OCCC1CC(F)(F)C1. The summed E-state index contributed by atoms with van der Waals surface area (Å²) in [6, 6.07) is 3.62. The predicted octanol–water partition coefficient (Wildman–Crippen LogP) is 4.24. The van der Waals surface area contributed by atoms with Crippen LogP contribution >= 0.6 is 0 Å². The molecule has 0 N–H and O–H groups in total. The Morgan fingerprint density at radius 2 is 1.95 bits per heavy atom. The standard InChI is InChI=1S/C13H17F2NO2.C2H6/c1-9-3-4-11(12(16-9)17-2)18-6-5-10-7-13(14,15)8-10;1-2/h3-4,10H,5-8H2,1-2H3;1-2H3. The minimum Gasteiger partial charge on any atom is -0.488 e. The van der Waals surface area contributed by atoms with E-state index in [4.69, 9.17) is 9.47 Å². The summed E-state index contributed by atoms with van der Waals surface area (Å²) in [5.74, 6) is -1.37. The van der Waals surface area contributed by atoms with E-state index in [9.17, 15) is 8.78 Å². The highest BCUT2D eigenvalue weighted by Crippen LogP contribution is 2.44. The predicted molar refractivity (Wildman–Crippen MR) is 74.7 cm³/mol. The van der Waals surface area contributed by atoms with Gasteiger partial charge in [0.05, 0.1) is 13.7 Å². The van der Waals surface area contributed by atoms with Crippen LogP contribution in [0.3, 0.4) is 0 Å². The maximum absolute atomic E-state index is 12.6. The molecule has 1 aromatic rings. The number of pyridine rings is 1. The van der Waals surface area contributed by atoms with Crippen LogP contribution in [0, 0.1) is 12.8 Å². The van der Waals surface area contributed by atoms with Gasteiger partial charge in [0, 0.05) is 18.5 Å². The molecule has 0 radical (unpaired) electrons. The van der Waals surface area contributed by atoms with E-state index in [1.54, 1.807) is 6.07 Å². The molecule has 0 saturated heterocycles. The fraction of sp³-hybridized carbons (Fsp3) is 0.667. The molecule has 0 unspecified atom stereocenters. The Bertz CT molecular complexity index is 416. The Labute approximate surface area is 119 Å². The first-order chi connectivity index (χ1) is 9.50. The number of ether oxygens (including phenoxy) is 2. The van der Waals surface area contributed by atoms with Crippen LogP contribution in [0.2, 0.25) is 0 Å². The molecule has 1 aromatic heterocycles. The fourth-order valence-corrected chi connectivity index (χ4v) is 2.10. The third kappa shape index (κ3) is 4.62. The molecular weight excluding hydrogens is 264 g/mol. The first-order valence-electron chi connectivity index (χ1n) is 7.02. The summed E-state index contributed by atoms with van der Waals surface area (Å²) in [7, 11) is 1.53. The van der Waals surface area contributed by atoms with Crippen LogP contribution in [0.1, 0.15) is 38.8 Å². The van der Waals surface area contributed by atoms with Crippen molar-refractivity contribution in [3.63, 3.8) is 0 Å². The minimum absolute atomic E-state index is 0.0142. The van der Waals surface area contributed by atoms with Gasteiger partial charge in [-0.15, -0.1) is 0 Å². The smallest absolute Gasteiger partial charge is 0.256 e. The molecule has 0 aliphatic heterocycles. The van der Waals surface area contributed by atoms with Crippen LogP contribution in [0.5, 0.6) is 11.6 Å². The highest BCUT2D eigenvalue weighted by Gasteiger charge is 2.44. The van der Waals surface area contributed by atoms with E-state index in [2.05, 4.69) is 4.98 Å². The second-order valence-corrected chi connectivity index (χ2v) is 4.73. The Hall–Kier alpha value is -1.39. The Morgan fingerprint density at radius 3 is 2.50 bits per heavy atom. The Morgan fingerprint density at radius 1 is 1.30 bits per heavy atom. The van der Waals surface area contributed by atoms with Gasteiger partial charge in [-0.1, -0.05) is 13.8 Å². The zero-order valence-electron chi connectivity index (χ0n) is 12.6. The van der Waals surface area contributed by atoms with Crippen molar-refractivity contribution in [3.05, 3.63) is 17.8 Å². The molecule has 5 heteroatoms. The van der Waals surface area contributed by atoms with E-state index in [1.165, 1.54) is 7.11 Å². The molecule has 0 atom stereocenters. The van der Waals surface area contributed by atoms with Gasteiger partial charge in [-0.05, 0) is 31.4 Å². The van der Waals surface area contributed by atoms with Gasteiger partial charge in [0.1, 0.15) is 0 Å². The molecule has 1 fully saturated rings. The van der Waals surface area contributed by atoms with Crippen molar-refractivity contribution < 1.29 is 18.3 Å². The number of hydrogen-bond donors (Lipinski definition) is 0. The second kappa shape index (κ2) is 7.41. The summed E-state index contributed by atoms with van der Waals surface area (Å²) in [6.07, 6.45) is 0.617. The van der Waals surface area contributed by atoms with Gasteiger partial charge >= 0.3 is 0 Å². The zero-order chi connectivity index (χ0) is 15.2. The third-order valence-corrected chi connectivity index (χ3v) is 3.12. The minimum atomic E-state index is -2.45. The summed E-state index contributed by atoms with van der Waals surface area (Å²) in [4.78, 5) is 4.18. The van der Waals surface area contributed by atoms with E-state index in [0.717, 1.165) is 5.69 Å². The maximum Gasteiger partial charge on any atom is 0.256 e. The summed E-state index contributed by atoms with van der Waals surface area (Å²) < 4.78 is 35.9. The van der Waals surface area contributed by atoms with Gasteiger partial charge in [0.15, 0.2) is 5.75 Å². The summed E-state index contributed by atoms with van der Waals surface area (Å²) in [5.41, 5.74) is 0.845. The molecule has 1 heterocycles. The molecule has 0 aromatic carbocycles. The molecule has 20 heavy (non-hydrogen) atoms. The van der Waals surface area contributed by atoms with Gasteiger partial charge < -0.3 is 9.47 Å². The van der Waals surface area contributed by atoms with Gasteiger partial charge in [0.2, 0.25) is 5.92 Å². The van der Waals surface area contributed by atoms with Gasteiger partial charge in [-0.25, -0.2) is 13.8 Å². The van der Waals surface area contributed by atoms with Crippen LogP contribution in [0.4, 0.5) is 8.78 Å². The van der Waals surface area contributed by atoms with Crippen LogP contribution in [-0.2, 0) is 0 Å². The molecule has 1 saturated carbocycles.